The van der Waals surface area contributed by atoms with E-state index < -0.39 is 0 Å². The molecule has 5 aromatic rings. The molecule has 1 amide bonds. The summed E-state index contributed by atoms with van der Waals surface area (Å²) in [4.78, 5) is 32.4. The van der Waals surface area contributed by atoms with Crippen LogP contribution in [-0.4, -0.2) is 21.7 Å². The van der Waals surface area contributed by atoms with E-state index in [0.29, 0.717) is 24.1 Å². The highest BCUT2D eigenvalue weighted by Crippen LogP contribution is 2.32. The monoisotopic (exact) mass is 465 g/mol. The topological polar surface area (TPSA) is 74.8 Å². The number of aromatic amines is 1. The molecular formula is C29H24FN3O2. The van der Waals surface area contributed by atoms with Gasteiger partial charge >= 0.3 is 0 Å². The molecule has 5 nitrogen and oxygen atoms in total. The molecule has 0 saturated carbocycles. The molecule has 2 aromatic heterocycles. The molecule has 6 heteroatoms. The summed E-state index contributed by atoms with van der Waals surface area (Å²) in [5, 5.41) is 4.70. The van der Waals surface area contributed by atoms with Gasteiger partial charge < -0.3 is 10.3 Å². The van der Waals surface area contributed by atoms with Gasteiger partial charge in [-0.1, -0.05) is 36.4 Å². The van der Waals surface area contributed by atoms with Crippen LogP contribution >= 0.6 is 0 Å². The highest BCUT2D eigenvalue weighted by atomic mass is 19.1. The summed E-state index contributed by atoms with van der Waals surface area (Å²) in [7, 11) is 0. The number of pyridine rings is 1. The van der Waals surface area contributed by atoms with E-state index in [-0.39, 0.29) is 23.9 Å². The van der Waals surface area contributed by atoms with Crippen LogP contribution in [0.4, 0.5) is 10.1 Å². The fourth-order valence-electron chi connectivity index (χ4n) is 4.37. The number of rotatable bonds is 7. The van der Waals surface area contributed by atoms with Crippen LogP contribution in [0.5, 0.6) is 0 Å². The van der Waals surface area contributed by atoms with Crippen molar-refractivity contribution in [2.24, 2.45) is 0 Å². The maximum absolute atomic E-state index is 14.1. The van der Waals surface area contributed by atoms with Gasteiger partial charge in [0.1, 0.15) is 5.82 Å². The number of aromatic nitrogens is 2. The third-order valence-corrected chi connectivity index (χ3v) is 6.11. The van der Waals surface area contributed by atoms with Gasteiger partial charge in [0, 0.05) is 34.0 Å². The fraction of sp³-hybridized carbons (Fsp3) is 0.138. The number of ketones is 1. The first-order valence-corrected chi connectivity index (χ1v) is 11.5. The molecule has 0 bridgehead atoms. The molecule has 0 aliphatic rings. The second-order valence-electron chi connectivity index (χ2n) is 8.60. The smallest absolute Gasteiger partial charge is 0.224 e. The van der Waals surface area contributed by atoms with E-state index in [1.807, 2.05) is 36.4 Å². The van der Waals surface area contributed by atoms with Gasteiger partial charge in [0.2, 0.25) is 5.91 Å². The molecular weight excluding hydrogens is 441 g/mol. The Morgan fingerprint density at radius 2 is 1.83 bits per heavy atom. The average Bonchev–Trinajstić information content (AvgIpc) is 3.21. The van der Waals surface area contributed by atoms with Gasteiger partial charge in [-0.05, 0) is 67.8 Å². The second-order valence-corrected chi connectivity index (χ2v) is 8.60. The summed E-state index contributed by atoms with van der Waals surface area (Å²) in [6.45, 7) is 1.49. The Balaban J connectivity index is 1.38. The van der Waals surface area contributed by atoms with Crippen molar-refractivity contribution in [2.75, 3.05) is 5.32 Å². The number of H-pyrrole nitrogens is 1. The van der Waals surface area contributed by atoms with E-state index in [9.17, 15) is 14.0 Å². The van der Waals surface area contributed by atoms with E-state index in [1.165, 1.54) is 19.1 Å². The number of amides is 1. The third-order valence-electron chi connectivity index (χ3n) is 6.11. The average molecular weight is 466 g/mol. The van der Waals surface area contributed by atoms with Gasteiger partial charge in [0.25, 0.3) is 0 Å². The van der Waals surface area contributed by atoms with Crippen LogP contribution in [0, 0.1) is 5.82 Å². The van der Waals surface area contributed by atoms with Gasteiger partial charge in [0.15, 0.2) is 5.78 Å². The Bertz CT molecular complexity index is 1570. The number of halogens is 1. The number of carbonyl (C=O) groups is 2. The quantitative estimate of drug-likeness (QED) is 0.263. The SMILES string of the molecule is CC(=O)c1cccc(NC(=O)CCCc2c(-c3ccc4ccccc4n3)[nH]c3ccc(F)cc23)c1. The van der Waals surface area contributed by atoms with Gasteiger partial charge in [-0.25, -0.2) is 9.37 Å². The second kappa shape index (κ2) is 9.50. The van der Waals surface area contributed by atoms with Crippen molar-refractivity contribution in [2.45, 2.75) is 26.2 Å². The summed E-state index contributed by atoms with van der Waals surface area (Å²) in [6, 6.07) is 23.5. The zero-order valence-electron chi connectivity index (χ0n) is 19.3. The van der Waals surface area contributed by atoms with Crippen LogP contribution in [0.15, 0.2) is 78.9 Å². The number of benzene rings is 3. The molecule has 0 unspecified atom stereocenters. The summed E-state index contributed by atoms with van der Waals surface area (Å²) < 4.78 is 14.1. The lowest BCUT2D eigenvalue weighted by Gasteiger charge is -2.08. The Kier molecular flexibility index (Phi) is 6.10. The first-order chi connectivity index (χ1) is 17.0. The molecule has 0 spiro atoms. The third kappa shape index (κ3) is 4.82. The minimum atomic E-state index is -0.307. The summed E-state index contributed by atoms with van der Waals surface area (Å²) in [5.74, 6) is -0.497. The molecule has 174 valence electrons. The van der Waals surface area contributed by atoms with Crippen LogP contribution in [0.2, 0.25) is 0 Å². The van der Waals surface area contributed by atoms with Gasteiger partial charge in [-0.2, -0.15) is 0 Å². The number of Topliss-reactive ketones (excluding diaryl/α,β-unsaturated/α-hetero) is 1. The van der Waals surface area contributed by atoms with Gasteiger partial charge in [-0.15, -0.1) is 0 Å². The lowest BCUT2D eigenvalue weighted by Crippen LogP contribution is -2.12. The molecule has 0 atom stereocenters. The lowest BCUT2D eigenvalue weighted by atomic mass is 10.0. The molecule has 3 aromatic carbocycles. The number of aryl methyl sites for hydroxylation is 1. The van der Waals surface area contributed by atoms with Crippen LogP contribution < -0.4 is 5.32 Å². The van der Waals surface area contributed by atoms with E-state index >= 15 is 0 Å². The molecule has 35 heavy (non-hydrogen) atoms. The maximum Gasteiger partial charge on any atom is 0.224 e. The normalized spacial score (nSPS) is 11.1. The van der Waals surface area contributed by atoms with Crippen molar-refractivity contribution >= 4 is 39.2 Å². The fourth-order valence-corrected chi connectivity index (χ4v) is 4.37. The molecule has 0 saturated heterocycles. The number of anilines is 1. The zero-order valence-corrected chi connectivity index (χ0v) is 19.3. The molecule has 5 rings (SSSR count). The molecule has 0 aliphatic heterocycles. The van der Waals surface area contributed by atoms with Gasteiger partial charge in [0.05, 0.1) is 16.9 Å². The Morgan fingerprint density at radius 1 is 0.971 bits per heavy atom. The zero-order chi connectivity index (χ0) is 24.4. The number of fused-ring (bicyclic) bond motifs is 2. The van der Waals surface area contributed by atoms with E-state index in [4.69, 9.17) is 4.98 Å². The Labute approximate surface area is 202 Å². The van der Waals surface area contributed by atoms with E-state index in [2.05, 4.69) is 10.3 Å². The summed E-state index contributed by atoms with van der Waals surface area (Å²) >= 11 is 0. The number of hydrogen-bond donors (Lipinski definition) is 2. The van der Waals surface area contributed by atoms with Crippen LogP contribution in [0.25, 0.3) is 33.2 Å². The standard InChI is InChI=1S/C29H24FN3O2/c1-18(34)20-7-4-8-22(16-20)31-28(35)11-5-9-23-24-17-21(30)13-15-26(24)33-29(23)27-14-12-19-6-2-3-10-25(19)32-27/h2-4,6-8,10,12-17,33H,5,9,11H2,1H3,(H,31,35). The number of carbonyl (C=O) groups excluding carboxylic acids is 2. The van der Waals surface area contributed by atoms with Crippen molar-refractivity contribution in [3.63, 3.8) is 0 Å². The first-order valence-electron chi connectivity index (χ1n) is 11.5. The Hall–Kier alpha value is -4.32. The van der Waals surface area contributed by atoms with Crippen molar-refractivity contribution in [3.05, 3.63) is 95.8 Å². The molecule has 0 aliphatic carbocycles. The number of para-hydroxylation sites is 1. The van der Waals surface area contributed by atoms with Crippen molar-refractivity contribution in [1.29, 1.82) is 0 Å². The van der Waals surface area contributed by atoms with E-state index in [1.54, 1.807) is 30.3 Å². The first kappa shape index (κ1) is 22.5. The van der Waals surface area contributed by atoms with Crippen LogP contribution in [0.1, 0.15) is 35.7 Å². The number of nitrogens with one attached hydrogen (secondary N) is 2. The van der Waals surface area contributed by atoms with E-state index in [0.717, 1.165) is 38.8 Å². The molecule has 2 N–H and O–H groups in total. The summed E-state index contributed by atoms with van der Waals surface area (Å²) in [5.41, 5.74) is 5.42. The molecule has 0 radical (unpaired) electrons. The van der Waals surface area contributed by atoms with Crippen molar-refractivity contribution in [3.8, 4) is 11.4 Å². The van der Waals surface area contributed by atoms with Crippen LogP contribution in [0.3, 0.4) is 0 Å². The molecule has 2 heterocycles. The highest BCUT2D eigenvalue weighted by molar-refractivity contribution is 5.97. The summed E-state index contributed by atoms with van der Waals surface area (Å²) in [6.07, 6.45) is 1.44. The minimum Gasteiger partial charge on any atom is -0.353 e. The van der Waals surface area contributed by atoms with Gasteiger partial charge in [-0.3, -0.25) is 9.59 Å². The minimum absolute atomic E-state index is 0.0532. The Morgan fingerprint density at radius 3 is 2.69 bits per heavy atom. The largest absolute Gasteiger partial charge is 0.353 e. The maximum atomic E-state index is 14.1. The van der Waals surface area contributed by atoms with Crippen molar-refractivity contribution < 1.29 is 14.0 Å². The highest BCUT2D eigenvalue weighted by Gasteiger charge is 2.16. The number of nitrogens with zero attached hydrogens (tertiary/aromatic N) is 1. The predicted molar refractivity (Wildman–Crippen MR) is 137 cm³/mol. The lowest BCUT2D eigenvalue weighted by molar-refractivity contribution is -0.116. The molecule has 0 fully saturated rings. The number of hydrogen-bond acceptors (Lipinski definition) is 3. The van der Waals surface area contributed by atoms with Crippen molar-refractivity contribution in [1.82, 2.24) is 9.97 Å². The predicted octanol–water partition coefficient (Wildman–Crippen LogP) is 6.69. The van der Waals surface area contributed by atoms with Crippen LogP contribution in [-0.2, 0) is 11.2 Å².